The highest BCUT2D eigenvalue weighted by atomic mass is 19.1. The maximum absolute atomic E-state index is 12.8. The van der Waals surface area contributed by atoms with Gasteiger partial charge in [0.15, 0.2) is 0 Å². The summed E-state index contributed by atoms with van der Waals surface area (Å²) in [6, 6.07) is 6.24. The van der Waals surface area contributed by atoms with Gasteiger partial charge in [0.1, 0.15) is 5.82 Å². The van der Waals surface area contributed by atoms with Crippen LogP contribution < -0.4 is 0 Å². The van der Waals surface area contributed by atoms with E-state index in [1.807, 2.05) is 0 Å². The lowest BCUT2D eigenvalue weighted by atomic mass is 9.76. The maximum atomic E-state index is 12.8. The van der Waals surface area contributed by atoms with Crippen molar-refractivity contribution in [3.05, 3.63) is 35.6 Å². The molecule has 0 amide bonds. The molecule has 1 aromatic rings. The van der Waals surface area contributed by atoms with Crippen LogP contribution in [0, 0.1) is 11.7 Å². The molecule has 1 aromatic carbocycles. The molecule has 1 aliphatic carbocycles. The van der Waals surface area contributed by atoms with Gasteiger partial charge in [-0.15, -0.1) is 0 Å². The number of benzene rings is 1. The molecule has 0 aromatic heterocycles. The van der Waals surface area contributed by atoms with Crippen LogP contribution in [0.4, 0.5) is 4.39 Å². The Bertz CT molecular complexity index is 323. The largest absolute Gasteiger partial charge is 0.385 e. The van der Waals surface area contributed by atoms with Gasteiger partial charge in [-0.1, -0.05) is 19.1 Å². The van der Waals surface area contributed by atoms with Crippen molar-refractivity contribution in [3.63, 3.8) is 0 Å². The molecule has 0 saturated heterocycles. The average molecular weight is 208 g/mol. The lowest BCUT2D eigenvalue weighted by Gasteiger charge is -2.35. The summed E-state index contributed by atoms with van der Waals surface area (Å²) in [4.78, 5) is 0. The quantitative estimate of drug-likeness (QED) is 0.751. The molecule has 0 aliphatic heterocycles. The molecule has 1 N–H and O–H groups in total. The number of hydrogen-bond acceptors (Lipinski definition) is 1. The molecule has 0 unspecified atom stereocenters. The average Bonchev–Trinajstić information content (AvgIpc) is 2.24. The van der Waals surface area contributed by atoms with Crippen LogP contribution >= 0.6 is 0 Å². The van der Waals surface area contributed by atoms with Gasteiger partial charge in [0.05, 0.1) is 5.60 Å². The summed E-state index contributed by atoms with van der Waals surface area (Å²) >= 11 is 0. The highest BCUT2D eigenvalue weighted by molar-refractivity contribution is 5.23. The summed E-state index contributed by atoms with van der Waals surface area (Å²) in [7, 11) is 0. The SMILES string of the molecule is C[C@H]1CC[C@](O)(c2ccc(F)cc2)CC1. The van der Waals surface area contributed by atoms with E-state index in [1.54, 1.807) is 12.1 Å². The van der Waals surface area contributed by atoms with Gasteiger partial charge in [0, 0.05) is 0 Å². The molecule has 1 fully saturated rings. The zero-order chi connectivity index (χ0) is 10.9. The van der Waals surface area contributed by atoms with E-state index in [0.717, 1.165) is 31.2 Å². The second-order valence-corrected chi connectivity index (χ2v) is 4.72. The number of hydrogen-bond donors (Lipinski definition) is 1. The highest BCUT2D eigenvalue weighted by Gasteiger charge is 2.33. The number of aliphatic hydroxyl groups is 1. The van der Waals surface area contributed by atoms with Gasteiger partial charge in [-0.2, -0.15) is 0 Å². The fourth-order valence-corrected chi connectivity index (χ4v) is 2.29. The Balaban J connectivity index is 2.18. The summed E-state index contributed by atoms with van der Waals surface area (Å²) in [5.41, 5.74) is 0.135. The standard InChI is InChI=1S/C13H17FO/c1-10-6-8-13(15,9-7-10)11-2-4-12(14)5-3-11/h2-5,10,15H,6-9H2,1H3/t10-,13+. The molecule has 0 heterocycles. The highest BCUT2D eigenvalue weighted by Crippen LogP contribution is 2.39. The van der Waals surface area contributed by atoms with Crippen molar-refractivity contribution in [1.29, 1.82) is 0 Å². The third-order valence-corrected chi connectivity index (χ3v) is 3.48. The minimum Gasteiger partial charge on any atom is -0.385 e. The van der Waals surface area contributed by atoms with Crippen LogP contribution in [-0.4, -0.2) is 5.11 Å². The van der Waals surface area contributed by atoms with Gasteiger partial charge in [-0.05, 0) is 49.3 Å². The molecule has 82 valence electrons. The predicted octanol–water partition coefficient (Wildman–Crippen LogP) is 3.22. The van der Waals surface area contributed by atoms with Crippen molar-refractivity contribution in [2.75, 3.05) is 0 Å². The summed E-state index contributed by atoms with van der Waals surface area (Å²) in [5.74, 6) is 0.456. The number of halogens is 1. The number of rotatable bonds is 1. The van der Waals surface area contributed by atoms with Gasteiger partial charge in [0.25, 0.3) is 0 Å². The smallest absolute Gasteiger partial charge is 0.123 e. The van der Waals surface area contributed by atoms with Crippen molar-refractivity contribution in [3.8, 4) is 0 Å². The second kappa shape index (κ2) is 3.93. The zero-order valence-electron chi connectivity index (χ0n) is 9.04. The second-order valence-electron chi connectivity index (χ2n) is 4.72. The fourth-order valence-electron chi connectivity index (χ4n) is 2.29. The van der Waals surface area contributed by atoms with Crippen LogP contribution in [0.15, 0.2) is 24.3 Å². The lowest BCUT2D eigenvalue weighted by Crippen LogP contribution is -2.30. The van der Waals surface area contributed by atoms with Gasteiger partial charge in [-0.25, -0.2) is 4.39 Å². The molecular formula is C13H17FO. The Hall–Kier alpha value is -0.890. The van der Waals surface area contributed by atoms with Crippen molar-refractivity contribution in [2.45, 2.75) is 38.2 Å². The Morgan fingerprint density at radius 1 is 1.20 bits per heavy atom. The van der Waals surface area contributed by atoms with E-state index in [4.69, 9.17) is 0 Å². The van der Waals surface area contributed by atoms with E-state index < -0.39 is 5.60 Å². The fraction of sp³-hybridized carbons (Fsp3) is 0.538. The minimum atomic E-state index is -0.722. The molecule has 0 bridgehead atoms. The molecule has 1 saturated carbocycles. The molecule has 2 heteroatoms. The normalized spacial score (nSPS) is 31.5. The Morgan fingerprint density at radius 3 is 2.27 bits per heavy atom. The Kier molecular flexibility index (Phi) is 2.79. The molecular weight excluding hydrogens is 191 g/mol. The van der Waals surface area contributed by atoms with E-state index >= 15 is 0 Å². The zero-order valence-corrected chi connectivity index (χ0v) is 9.04. The van der Waals surface area contributed by atoms with Crippen LogP contribution in [-0.2, 0) is 5.60 Å². The van der Waals surface area contributed by atoms with Gasteiger partial charge < -0.3 is 5.11 Å². The minimum absolute atomic E-state index is 0.244. The Labute approximate surface area is 89.9 Å². The molecule has 0 spiro atoms. The van der Waals surface area contributed by atoms with Gasteiger partial charge in [-0.3, -0.25) is 0 Å². The summed E-state index contributed by atoms with van der Waals surface area (Å²) in [5, 5.41) is 10.4. The van der Waals surface area contributed by atoms with E-state index in [1.165, 1.54) is 12.1 Å². The maximum Gasteiger partial charge on any atom is 0.123 e. The summed E-state index contributed by atoms with van der Waals surface area (Å²) < 4.78 is 12.8. The predicted molar refractivity (Wildman–Crippen MR) is 57.9 cm³/mol. The van der Waals surface area contributed by atoms with Crippen molar-refractivity contribution < 1.29 is 9.50 Å². The summed E-state index contributed by atoms with van der Waals surface area (Å²) in [6.07, 6.45) is 3.68. The third-order valence-electron chi connectivity index (χ3n) is 3.48. The van der Waals surface area contributed by atoms with Crippen LogP contribution in [0.25, 0.3) is 0 Å². The first-order valence-corrected chi connectivity index (χ1v) is 5.58. The molecule has 1 nitrogen and oxygen atoms in total. The van der Waals surface area contributed by atoms with E-state index in [9.17, 15) is 9.50 Å². The molecule has 15 heavy (non-hydrogen) atoms. The van der Waals surface area contributed by atoms with Crippen molar-refractivity contribution >= 4 is 0 Å². The van der Waals surface area contributed by atoms with Crippen LogP contribution in [0.1, 0.15) is 38.2 Å². The molecule has 1 aliphatic rings. The molecule has 0 radical (unpaired) electrons. The first kappa shape index (κ1) is 10.6. The third kappa shape index (κ3) is 2.20. The van der Waals surface area contributed by atoms with Gasteiger partial charge in [0.2, 0.25) is 0 Å². The van der Waals surface area contributed by atoms with Gasteiger partial charge >= 0.3 is 0 Å². The monoisotopic (exact) mass is 208 g/mol. The van der Waals surface area contributed by atoms with E-state index in [-0.39, 0.29) is 5.82 Å². The van der Waals surface area contributed by atoms with Crippen LogP contribution in [0.5, 0.6) is 0 Å². The van der Waals surface area contributed by atoms with E-state index in [2.05, 4.69) is 6.92 Å². The van der Waals surface area contributed by atoms with Crippen LogP contribution in [0.2, 0.25) is 0 Å². The van der Waals surface area contributed by atoms with Crippen molar-refractivity contribution in [1.82, 2.24) is 0 Å². The van der Waals surface area contributed by atoms with Crippen molar-refractivity contribution in [2.24, 2.45) is 5.92 Å². The topological polar surface area (TPSA) is 20.2 Å². The molecule has 2 rings (SSSR count). The van der Waals surface area contributed by atoms with Crippen LogP contribution in [0.3, 0.4) is 0 Å². The first-order chi connectivity index (χ1) is 7.10. The Morgan fingerprint density at radius 2 is 1.73 bits per heavy atom. The molecule has 0 atom stereocenters. The summed E-state index contributed by atoms with van der Waals surface area (Å²) in [6.45, 7) is 2.21. The lowest BCUT2D eigenvalue weighted by molar-refractivity contribution is -0.0120. The first-order valence-electron chi connectivity index (χ1n) is 5.58. The van der Waals surface area contributed by atoms with E-state index in [0.29, 0.717) is 5.92 Å².